The van der Waals surface area contributed by atoms with Crippen LogP contribution < -0.4 is 5.32 Å². The lowest BCUT2D eigenvalue weighted by Crippen LogP contribution is -2.38. The average Bonchev–Trinajstić information content (AvgIpc) is 2.63. The number of rotatable bonds is 4. The molecule has 1 aliphatic heterocycles. The Kier molecular flexibility index (Phi) is 4.20. The van der Waals surface area contributed by atoms with Crippen molar-refractivity contribution in [1.82, 2.24) is 5.32 Å². The van der Waals surface area contributed by atoms with Gasteiger partial charge in [-0.2, -0.15) is 0 Å². The highest BCUT2D eigenvalue weighted by molar-refractivity contribution is 7.91. The summed E-state index contributed by atoms with van der Waals surface area (Å²) in [6.07, 6.45) is 0.765. The van der Waals surface area contributed by atoms with E-state index in [-0.39, 0.29) is 35.6 Å². The third-order valence-corrected chi connectivity index (χ3v) is 5.09. The van der Waals surface area contributed by atoms with Gasteiger partial charge in [-0.05, 0) is 31.9 Å². The summed E-state index contributed by atoms with van der Waals surface area (Å²) in [7, 11) is -2.94. The Morgan fingerprint density at radius 3 is 2.53 bits per heavy atom. The zero-order chi connectivity index (χ0) is 14.0. The van der Waals surface area contributed by atoms with Gasteiger partial charge in [0.25, 0.3) is 0 Å². The van der Waals surface area contributed by atoms with Crippen LogP contribution in [0.3, 0.4) is 0 Å². The van der Waals surface area contributed by atoms with Crippen LogP contribution in [0.2, 0.25) is 0 Å². The average molecular weight is 289 g/mol. The molecule has 19 heavy (non-hydrogen) atoms. The van der Waals surface area contributed by atoms with Gasteiger partial charge in [-0.15, -0.1) is 0 Å². The molecule has 0 saturated carbocycles. The maximum atomic E-state index is 13.5. The van der Waals surface area contributed by atoms with Gasteiger partial charge in [0, 0.05) is 17.6 Å². The molecule has 2 atom stereocenters. The van der Waals surface area contributed by atoms with Crippen LogP contribution >= 0.6 is 0 Å². The van der Waals surface area contributed by atoms with E-state index in [4.69, 9.17) is 0 Å². The summed E-state index contributed by atoms with van der Waals surface area (Å²) in [4.78, 5) is 0. The molecule has 1 aromatic carbocycles. The molecule has 1 aliphatic rings. The van der Waals surface area contributed by atoms with E-state index in [9.17, 15) is 17.2 Å². The van der Waals surface area contributed by atoms with Crippen molar-refractivity contribution in [3.8, 4) is 0 Å². The van der Waals surface area contributed by atoms with Gasteiger partial charge in [0.05, 0.1) is 11.5 Å². The van der Waals surface area contributed by atoms with Gasteiger partial charge in [-0.3, -0.25) is 0 Å². The first-order valence-electron chi connectivity index (χ1n) is 6.27. The monoisotopic (exact) mass is 289 g/mol. The summed E-state index contributed by atoms with van der Waals surface area (Å²) in [6.45, 7) is 1.80. The Labute approximate surface area is 111 Å². The van der Waals surface area contributed by atoms with Gasteiger partial charge in [0.2, 0.25) is 0 Å². The molecule has 0 radical (unpaired) electrons. The largest absolute Gasteiger partial charge is 0.310 e. The van der Waals surface area contributed by atoms with E-state index >= 15 is 0 Å². The van der Waals surface area contributed by atoms with Crippen LogP contribution in [0.5, 0.6) is 0 Å². The first-order chi connectivity index (χ1) is 8.87. The molecule has 1 heterocycles. The van der Waals surface area contributed by atoms with Crippen LogP contribution in [0.15, 0.2) is 18.2 Å². The van der Waals surface area contributed by atoms with Crippen molar-refractivity contribution >= 4 is 9.84 Å². The fourth-order valence-corrected chi connectivity index (χ4v) is 4.11. The molecule has 0 aromatic heterocycles. The van der Waals surface area contributed by atoms with E-state index < -0.39 is 21.5 Å². The van der Waals surface area contributed by atoms with Gasteiger partial charge in [-0.25, -0.2) is 17.2 Å². The van der Waals surface area contributed by atoms with E-state index in [0.29, 0.717) is 6.42 Å². The third kappa shape index (κ3) is 3.73. The van der Waals surface area contributed by atoms with E-state index in [1.807, 2.05) is 0 Å². The van der Waals surface area contributed by atoms with Crippen molar-refractivity contribution in [3.05, 3.63) is 35.4 Å². The Hall–Kier alpha value is -1.01. The first-order valence-corrected chi connectivity index (χ1v) is 8.09. The number of benzene rings is 1. The number of nitrogens with one attached hydrogen (secondary N) is 1. The lowest BCUT2D eigenvalue weighted by atomic mass is 10.0. The zero-order valence-electron chi connectivity index (χ0n) is 10.7. The van der Waals surface area contributed by atoms with Crippen molar-refractivity contribution in [1.29, 1.82) is 0 Å². The number of sulfone groups is 1. The summed E-state index contributed by atoms with van der Waals surface area (Å²) in [5.41, 5.74) is 0.0448. The van der Waals surface area contributed by atoms with Gasteiger partial charge >= 0.3 is 0 Å². The second-order valence-electron chi connectivity index (χ2n) is 5.07. The maximum absolute atomic E-state index is 13.5. The second kappa shape index (κ2) is 5.54. The van der Waals surface area contributed by atoms with Crippen LogP contribution in [-0.2, 0) is 16.3 Å². The molecule has 3 nitrogen and oxygen atoms in total. The summed E-state index contributed by atoms with van der Waals surface area (Å²) in [5, 5.41) is 3.12. The van der Waals surface area contributed by atoms with Gasteiger partial charge < -0.3 is 5.32 Å². The van der Waals surface area contributed by atoms with Gasteiger partial charge in [-0.1, -0.05) is 6.07 Å². The summed E-state index contributed by atoms with van der Waals surface area (Å²) < 4.78 is 49.6. The predicted octanol–water partition coefficient (Wildman–Crippen LogP) is 1.67. The normalized spacial score (nSPS) is 23.4. The van der Waals surface area contributed by atoms with Gasteiger partial charge in [0.15, 0.2) is 9.84 Å². The van der Waals surface area contributed by atoms with E-state index in [0.717, 1.165) is 0 Å². The second-order valence-corrected chi connectivity index (χ2v) is 7.30. The van der Waals surface area contributed by atoms with E-state index in [1.54, 1.807) is 6.92 Å². The van der Waals surface area contributed by atoms with Crippen molar-refractivity contribution in [2.75, 3.05) is 11.5 Å². The molecule has 1 fully saturated rings. The van der Waals surface area contributed by atoms with Crippen molar-refractivity contribution in [3.63, 3.8) is 0 Å². The Morgan fingerprint density at radius 1 is 1.37 bits per heavy atom. The van der Waals surface area contributed by atoms with Crippen molar-refractivity contribution < 1.29 is 17.2 Å². The molecule has 0 aliphatic carbocycles. The van der Waals surface area contributed by atoms with Crippen LogP contribution in [-0.4, -0.2) is 32.0 Å². The minimum Gasteiger partial charge on any atom is -0.310 e. The Bertz CT molecular complexity index is 540. The minimum absolute atomic E-state index is 0.0448. The van der Waals surface area contributed by atoms with Crippen LogP contribution in [0.25, 0.3) is 0 Å². The molecule has 0 bridgehead atoms. The smallest absolute Gasteiger partial charge is 0.151 e. The van der Waals surface area contributed by atoms with Crippen LogP contribution in [0.1, 0.15) is 18.9 Å². The summed E-state index contributed by atoms with van der Waals surface area (Å²) >= 11 is 0. The molecule has 0 spiro atoms. The summed E-state index contributed by atoms with van der Waals surface area (Å²) in [6, 6.07) is 3.49. The molecular weight excluding hydrogens is 272 g/mol. The Morgan fingerprint density at radius 2 is 2.00 bits per heavy atom. The molecule has 2 rings (SSSR count). The first kappa shape index (κ1) is 14.4. The molecular formula is C13H17F2NO2S. The molecule has 1 saturated heterocycles. The fraction of sp³-hybridized carbons (Fsp3) is 0.538. The quantitative estimate of drug-likeness (QED) is 0.917. The summed E-state index contributed by atoms with van der Waals surface area (Å²) in [5.74, 6) is -0.830. The SMILES string of the molecule is CC(Cc1c(F)cccc1F)NC1CCS(=O)(=O)C1. The highest BCUT2D eigenvalue weighted by Gasteiger charge is 2.28. The van der Waals surface area contributed by atoms with E-state index in [2.05, 4.69) is 5.32 Å². The lowest BCUT2D eigenvalue weighted by Gasteiger charge is -2.19. The number of halogens is 2. The zero-order valence-corrected chi connectivity index (χ0v) is 11.5. The predicted molar refractivity (Wildman–Crippen MR) is 69.7 cm³/mol. The molecule has 1 aromatic rings. The molecule has 106 valence electrons. The standard InChI is InChI=1S/C13H17F2NO2S/c1-9(16-10-5-6-19(17,18)8-10)7-11-12(14)3-2-4-13(11)15/h2-4,9-10,16H,5-8H2,1H3. The third-order valence-electron chi connectivity index (χ3n) is 3.32. The van der Waals surface area contributed by atoms with Crippen molar-refractivity contribution in [2.45, 2.75) is 31.8 Å². The molecule has 2 unspecified atom stereocenters. The highest BCUT2D eigenvalue weighted by Crippen LogP contribution is 2.16. The highest BCUT2D eigenvalue weighted by atomic mass is 32.2. The van der Waals surface area contributed by atoms with E-state index in [1.165, 1.54) is 18.2 Å². The lowest BCUT2D eigenvalue weighted by molar-refractivity contribution is 0.452. The molecule has 6 heteroatoms. The van der Waals surface area contributed by atoms with Crippen LogP contribution in [0.4, 0.5) is 8.78 Å². The van der Waals surface area contributed by atoms with Crippen molar-refractivity contribution in [2.24, 2.45) is 0 Å². The minimum atomic E-state index is -2.94. The number of hydrogen-bond donors (Lipinski definition) is 1. The maximum Gasteiger partial charge on any atom is 0.151 e. The van der Waals surface area contributed by atoms with Gasteiger partial charge in [0.1, 0.15) is 11.6 Å². The number of hydrogen-bond acceptors (Lipinski definition) is 3. The topological polar surface area (TPSA) is 46.2 Å². The molecule has 0 amide bonds. The van der Waals surface area contributed by atoms with Crippen LogP contribution in [0, 0.1) is 11.6 Å². The Balaban J connectivity index is 1.97. The molecule has 1 N–H and O–H groups in total. The fourth-order valence-electron chi connectivity index (χ4n) is 2.42.